The van der Waals surface area contributed by atoms with Crippen molar-refractivity contribution < 1.29 is 161 Å². The van der Waals surface area contributed by atoms with Gasteiger partial charge in [0.1, 0.15) is 105 Å². The summed E-state index contributed by atoms with van der Waals surface area (Å²) in [6, 6.07) is -2.85. The number of carbonyl (C=O) groups excluding carboxylic acids is 14. The molecule has 3 heterocycles. The second-order valence-electron chi connectivity index (χ2n) is 24.6. The Morgan fingerprint density at radius 1 is 0.562 bits per heavy atom. The molecule has 0 aromatic heterocycles. The molecule has 16 atom stereocenters. The SMILES string of the molecule is CCNC(=O)CCC(=O)CNC(=O)CN(CC(=O)OC)C(=O)CCC(=O)CNC(=O)CN(CC(=O)OC)C(=O)CCC(=O)CC.CNC(=O)CCCCC(=O)CCCCO[C@@H]1OC(CO)[C@@H](O[C@@H]2OC(CO[C@]3(C(=O)O)C[C@@H](O)[C@@H](NC(C)=O)C(C(O)C(O)CO)O3)[C@H](O)[C@H](O)C2O)[C@H](O)C1NC(C)=O. The molecule has 41 heteroatoms. The van der Waals surface area contributed by atoms with Crippen LogP contribution in [0.1, 0.15) is 124 Å². The van der Waals surface area contributed by atoms with Gasteiger partial charge in [-0.2, -0.15) is 0 Å². The maximum absolute atomic E-state index is 12.7. The van der Waals surface area contributed by atoms with Crippen LogP contribution < -0.4 is 31.9 Å². The van der Waals surface area contributed by atoms with Crippen molar-refractivity contribution in [1.82, 2.24) is 41.7 Å². The zero-order valence-electron chi connectivity index (χ0n) is 59.8. The Bertz CT molecular complexity index is 2890. The lowest BCUT2D eigenvalue weighted by molar-refractivity contribution is -0.360. The van der Waals surface area contributed by atoms with Gasteiger partial charge in [-0.3, -0.25) is 67.1 Å². The molecule has 0 bridgehead atoms. The molecule has 105 heavy (non-hydrogen) atoms. The van der Waals surface area contributed by atoms with E-state index in [-0.39, 0.29) is 74.9 Å². The van der Waals surface area contributed by atoms with E-state index in [4.69, 9.17) is 28.4 Å². The molecule has 0 radical (unpaired) electrons. The number of nitrogens with zero attached hydrogens (tertiary/aromatic N) is 2. The van der Waals surface area contributed by atoms with Crippen LogP contribution in [0, 0.1) is 0 Å². The lowest BCUT2D eigenvalue weighted by Crippen LogP contribution is -2.69. The van der Waals surface area contributed by atoms with Crippen molar-refractivity contribution in [3.8, 4) is 0 Å². The molecule has 0 aromatic carbocycles. The highest BCUT2D eigenvalue weighted by atomic mass is 16.8. The third-order valence-electron chi connectivity index (χ3n) is 16.4. The number of amides is 8. The summed E-state index contributed by atoms with van der Waals surface area (Å²) in [5.41, 5.74) is 0. The smallest absolute Gasteiger partial charge is 0.364 e. The molecule has 16 N–H and O–H groups in total. The van der Waals surface area contributed by atoms with Crippen LogP contribution in [-0.2, 0) is 110 Å². The number of nitrogens with one attached hydrogen (secondary N) is 6. The monoisotopic (exact) mass is 1510 g/mol. The first-order valence-corrected chi connectivity index (χ1v) is 34.0. The number of Topliss-reactive ketones (excluding diaryl/α,β-unsaturated/α-hetero) is 4. The van der Waals surface area contributed by atoms with E-state index in [0.717, 1.165) is 37.9 Å². The number of carboxylic acids is 1. The molecule has 0 saturated carbocycles. The Labute approximate surface area is 604 Å². The molecule has 3 saturated heterocycles. The summed E-state index contributed by atoms with van der Waals surface area (Å²) in [6.07, 6.45) is -22.7. The van der Waals surface area contributed by atoms with Crippen molar-refractivity contribution in [1.29, 1.82) is 0 Å². The van der Waals surface area contributed by atoms with Crippen LogP contribution in [0.3, 0.4) is 0 Å². The van der Waals surface area contributed by atoms with Gasteiger partial charge in [-0.05, 0) is 32.6 Å². The Morgan fingerprint density at radius 3 is 1.57 bits per heavy atom. The summed E-state index contributed by atoms with van der Waals surface area (Å²) < 4.78 is 43.3. The van der Waals surface area contributed by atoms with Crippen LogP contribution in [0.5, 0.6) is 0 Å². The van der Waals surface area contributed by atoms with Crippen LogP contribution >= 0.6 is 0 Å². The highest BCUT2D eigenvalue weighted by Crippen LogP contribution is 2.36. The van der Waals surface area contributed by atoms with E-state index in [1.165, 1.54) is 7.05 Å². The van der Waals surface area contributed by atoms with Gasteiger partial charge in [-0.15, -0.1) is 0 Å². The van der Waals surface area contributed by atoms with Crippen LogP contribution in [0.4, 0.5) is 0 Å². The molecule has 7 unspecified atom stereocenters. The Kier molecular flexibility index (Phi) is 43.1. The van der Waals surface area contributed by atoms with E-state index >= 15 is 0 Å². The number of rotatable bonds is 46. The quantitative estimate of drug-likeness (QED) is 0.0199. The highest BCUT2D eigenvalue weighted by molar-refractivity contribution is 5.95. The fraction of sp³-hybridized carbons (Fsp3) is 0.766. The Hall–Kier alpha value is -7.75. The molecule has 0 spiro atoms. The van der Waals surface area contributed by atoms with Gasteiger partial charge in [-0.25, -0.2) is 4.79 Å². The minimum Gasteiger partial charge on any atom is -0.477 e. The average molecular weight is 1510 g/mol. The van der Waals surface area contributed by atoms with Gasteiger partial charge in [0, 0.05) is 105 Å². The number of unbranched alkanes of at least 4 members (excludes halogenated alkanes) is 2. The fourth-order valence-electron chi connectivity index (χ4n) is 10.5. The van der Waals surface area contributed by atoms with Crippen molar-refractivity contribution in [3.05, 3.63) is 0 Å². The predicted molar refractivity (Wildman–Crippen MR) is 352 cm³/mol. The molecule has 41 nitrogen and oxygen atoms in total. The third-order valence-corrected chi connectivity index (χ3v) is 16.4. The van der Waals surface area contributed by atoms with Crippen molar-refractivity contribution >= 4 is 88.3 Å². The molecular weight excluding hydrogens is 1410 g/mol. The van der Waals surface area contributed by atoms with Gasteiger partial charge in [0.15, 0.2) is 24.1 Å². The molecule has 3 rings (SSSR count). The fourth-order valence-corrected chi connectivity index (χ4v) is 10.5. The normalized spacial score (nSPS) is 24.6. The van der Waals surface area contributed by atoms with Gasteiger partial charge >= 0.3 is 17.9 Å². The van der Waals surface area contributed by atoms with Crippen molar-refractivity contribution in [2.75, 3.05) is 93.5 Å². The van der Waals surface area contributed by atoms with E-state index in [1.54, 1.807) is 13.8 Å². The molecule has 598 valence electrons. The second-order valence-corrected chi connectivity index (χ2v) is 24.6. The first-order valence-electron chi connectivity index (χ1n) is 34.0. The number of carbonyl (C=O) groups is 15. The average Bonchev–Trinajstić information content (AvgIpc) is 0.770. The minimum absolute atomic E-state index is 0.00546. The van der Waals surface area contributed by atoms with Gasteiger partial charge in [0.2, 0.25) is 47.3 Å². The van der Waals surface area contributed by atoms with Crippen LogP contribution in [0.2, 0.25) is 0 Å². The number of hydrogen-bond donors (Lipinski definition) is 16. The number of ketones is 4. The molecule has 3 aliphatic rings. The van der Waals surface area contributed by atoms with Gasteiger partial charge in [0.25, 0.3) is 5.79 Å². The Balaban J connectivity index is 0.000000746. The van der Waals surface area contributed by atoms with Gasteiger partial charge < -0.3 is 131 Å². The largest absolute Gasteiger partial charge is 0.477 e. The maximum Gasteiger partial charge on any atom is 0.364 e. The lowest BCUT2D eigenvalue weighted by Gasteiger charge is -2.48. The Morgan fingerprint density at radius 2 is 1.08 bits per heavy atom. The molecular formula is C64H104N8O33. The summed E-state index contributed by atoms with van der Waals surface area (Å²) in [5, 5.41) is 120. The van der Waals surface area contributed by atoms with Crippen molar-refractivity contribution in [2.24, 2.45) is 0 Å². The van der Waals surface area contributed by atoms with E-state index in [2.05, 4.69) is 41.4 Å². The summed E-state index contributed by atoms with van der Waals surface area (Å²) in [5.74, 6) is -12.2. The number of aliphatic hydroxyl groups is 9. The second kappa shape index (κ2) is 48.5. The zero-order chi connectivity index (χ0) is 79.3. The molecule has 0 aliphatic carbocycles. The number of ether oxygens (including phenoxy) is 8. The molecule has 8 amide bonds. The van der Waals surface area contributed by atoms with E-state index < -0.39 is 234 Å². The zero-order valence-corrected chi connectivity index (χ0v) is 59.8. The number of hydrogen-bond acceptors (Lipinski definition) is 32. The van der Waals surface area contributed by atoms with Crippen molar-refractivity contribution in [3.63, 3.8) is 0 Å². The summed E-state index contributed by atoms with van der Waals surface area (Å²) in [4.78, 5) is 182. The van der Waals surface area contributed by atoms with E-state index in [1.807, 2.05) is 0 Å². The summed E-state index contributed by atoms with van der Waals surface area (Å²) >= 11 is 0. The number of carboxylic acid groups (broad SMARTS) is 1. The van der Waals surface area contributed by atoms with Gasteiger partial charge in [-0.1, -0.05) is 6.92 Å². The van der Waals surface area contributed by atoms with Crippen LogP contribution in [0.25, 0.3) is 0 Å². The number of aliphatic hydroxyl groups excluding tert-OH is 9. The maximum atomic E-state index is 12.7. The first kappa shape index (κ1) is 93.3. The number of methoxy groups -OCH3 is 2. The standard InChI is InChI=1S/C36H61N3O21.C28H43N5O12/c1-16(42)38-24-19(45)12-36(35(53)54,60-32(24)26(48)20(46)13-40)56-15-22-27(49)29(51)30(52)34(58-22)59-31-21(14-41)57-33(25(28(31)50)39-17(2)43)55-11-7-6-9-18(44)8-4-5-10-23(47)37-3;1-5-19(34)8-11-25(40)32(17-27(42)44-3)15-24(39)31-14-21(36)9-12-26(41)33(18-28(43)45-4)16-23(38)30-13-20(35)7-10-22(37)29-6-2/h19-22,24-34,40-41,45-46,48-52H,4-15H2,1-3H3,(H,37,47)(H,38,42)(H,39,43)(H,53,54);5-18H2,1-4H3,(H,29,37)(H,30,38)(H,31,39)/t19-,20?,21?,22?,24-,25?,26?,27+,28-,29+,30?,31-,32?,33-,34+,36-;/m1./s1. The first-order chi connectivity index (χ1) is 49.5. The number of esters is 2. The van der Waals surface area contributed by atoms with E-state index in [0.29, 0.717) is 45.1 Å². The van der Waals surface area contributed by atoms with E-state index in [9.17, 15) is 123 Å². The summed E-state index contributed by atoms with van der Waals surface area (Å²) in [7, 11) is 3.71. The third kappa shape index (κ3) is 32.9. The lowest BCUT2D eigenvalue weighted by atomic mass is 9.88. The minimum atomic E-state index is -2.87. The highest BCUT2D eigenvalue weighted by Gasteiger charge is 2.58. The number of aliphatic carboxylic acids is 1. The molecule has 0 aromatic rings. The predicted octanol–water partition coefficient (Wildman–Crippen LogP) is -8.19. The topological polar surface area (TPSA) is 611 Å². The molecule has 3 fully saturated rings. The summed E-state index contributed by atoms with van der Waals surface area (Å²) in [6.45, 7) is -0.107. The molecule has 3 aliphatic heterocycles. The van der Waals surface area contributed by atoms with Crippen LogP contribution in [-0.4, -0.2) is 340 Å². The van der Waals surface area contributed by atoms with Crippen LogP contribution in [0.15, 0.2) is 0 Å². The van der Waals surface area contributed by atoms with Crippen molar-refractivity contribution in [2.45, 2.75) is 222 Å². The van der Waals surface area contributed by atoms with Gasteiger partial charge in [0.05, 0.1) is 59.3 Å².